The fraction of sp³-hybridized carbons (Fsp3) is 1.00. The van der Waals surface area contributed by atoms with Crippen LogP contribution >= 0.6 is 0 Å². The summed E-state index contributed by atoms with van der Waals surface area (Å²) in [5.41, 5.74) is -0.194. The Morgan fingerprint density at radius 2 is 2.29 bits per heavy atom. The Morgan fingerprint density at radius 3 is 2.29 bits per heavy atom. The lowest BCUT2D eigenvalue weighted by atomic mass is 10.1. The Kier molecular flexibility index (Phi) is 0.869. The average Bonchev–Trinajstić information content (AvgIpc) is 2.21. The molecule has 0 aliphatic carbocycles. The Morgan fingerprint density at radius 1 is 1.86 bits per heavy atom. The third-order valence-electron chi connectivity index (χ3n) is 1.48. The van der Waals surface area contributed by atoms with Crippen molar-refractivity contribution in [2.45, 2.75) is 25.6 Å². The van der Waals surface area contributed by atoms with Crippen LogP contribution < -0.4 is 0 Å². The summed E-state index contributed by atoms with van der Waals surface area (Å²) in [6.45, 7) is 4.36. The fourth-order valence-corrected chi connectivity index (χ4v) is 0.355. The number of aliphatic hydroxyl groups is 1. The molecule has 0 aromatic carbocycles. The summed E-state index contributed by atoms with van der Waals surface area (Å²) >= 11 is 0. The van der Waals surface area contributed by atoms with Crippen molar-refractivity contribution in [1.29, 1.82) is 0 Å². The SMILES string of the molecule is CC(O)C1(C)CO1. The van der Waals surface area contributed by atoms with Crippen molar-refractivity contribution < 1.29 is 9.84 Å². The van der Waals surface area contributed by atoms with E-state index in [1.807, 2.05) is 6.92 Å². The van der Waals surface area contributed by atoms with Crippen LogP contribution in [0, 0.1) is 0 Å². The zero-order valence-corrected chi connectivity index (χ0v) is 4.64. The van der Waals surface area contributed by atoms with Gasteiger partial charge in [0.1, 0.15) is 5.60 Å². The molecule has 1 N–H and O–H groups in total. The maximum absolute atomic E-state index is 8.83. The van der Waals surface area contributed by atoms with Gasteiger partial charge < -0.3 is 9.84 Å². The van der Waals surface area contributed by atoms with E-state index < -0.39 is 0 Å². The van der Waals surface area contributed by atoms with E-state index >= 15 is 0 Å². The van der Waals surface area contributed by atoms with Crippen molar-refractivity contribution >= 4 is 0 Å². The molecule has 0 bridgehead atoms. The Bertz CT molecular complexity index is 74.1. The second kappa shape index (κ2) is 1.20. The van der Waals surface area contributed by atoms with E-state index in [0.29, 0.717) is 6.61 Å². The molecule has 1 heterocycles. The molecule has 2 atom stereocenters. The predicted molar refractivity (Wildman–Crippen MR) is 26.0 cm³/mol. The third kappa shape index (κ3) is 0.763. The molecule has 0 amide bonds. The lowest BCUT2D eigenvalue weighted by molar-refractivity contribution is 0.101. The first kappa shape index (κ1) is 5.06. The van der Waals surface area contributed by atoms with Crippen molar-refractivity contribution in [3.8, 4) is 0 Å². The fourth-order valence-electron chi connectivity index (χ4n) is 0.355. The number of aliphatic hydroxyl groups excluding tert-OH is 1. The van der Waals surface area contributed by atoms with Gasteiger partial charge in [0.05, 0.1) is 12.7 Å². The second-order valence-corrected chi connectivity index (χ2v) is 2.28. The van der Waals surface area contributed by atoms with Gasteiger partial charge >= 0.3 is 0 Å². The molecule has 2 heteroatoms. The summed E-state index contributed by atoms with van der Waals surface area (Å²) in [7, 11) is 0. The summed E-state index contributed by atoms with van der Waals surface area (Å²) in [4.78, 5) is 0. The van der Waals surface area contributed by atoms with Crippen molar-refractivity contribution in [3.63, 3.8) is 0 Å². The van der Waals surface area contributed by atoms with Gasteiger partial charge in [0.25, 0.3) is 0 Å². The zero-order valence-electron chi connectivity index (χ0n) is 4.64. The molecule has 42 valence electrons. The smallest absolute Gasteiger partial charge is 0.114 e. The van der Waals surface area contributed by atoms with Gasteiger partial charge in [-0.2, -0.15) is 0 Å². The standard InChI is InChI=1S/C5H10O2/c1-4(6)5(2)3-7-5/h4,6H,3H2,1-2H3. The van der Waals surface area contributed by atoms with Crippen LogP contribution in [0.3, 0.4) is 0 Å². The molecule has 1 aliphatic rings. The summed E-state index contributed by atoms with van der Waals surface area (Å²) in [5.74, 6) is 0. The maximum atomic E-state index is 8.83. The molecule has 0 aromatic rings. The molecule has 7 heavy (non-hydrogen) atoms. The van der Waals surface area contributed by atoms with Crippen molar-refractivity contribution in [3.05, 3.63) is 0 Å². The van der Waals surface area contributed by atoms with Crippen LogP contribution in [0.4, 0.5) is 0 Å². The van der Waals surface area contributed by atoms with E-state index in [1.165, 1.54) is 0 Å². The van der Waals surface area contributed by atoms with Crippen LogP contribution in [0.25, 0.3) is 0 Å². The van der Waals surface area contributed by atoms with E-state index in [4.69, 9.17) is 9.84 Å². The number of ether oxygens (including phenoxy) is 1. The van der Waals surface area contributed by atoms with Gasteiger partial charge in [0.2, 0.25) is 0 Å². The molecule has 1 saturated heterocycles. The second-order valence-electron chi connectivity index (χ2n) is 2.28. The van der Waals surface area contributed by atoms with Gasteiger partial charge in [0, 0.05) is 0 Å². The average molecular weight is 102 g/mol. The normalized spacial score (nSPS) is 43.3. The molecular weight excluding hydrogens is 92.1 g/mol. The van der Waals surface area contributed by atoms with Gasteiger partial charge in [-0.05, 0) is 13.8 Å². The Labute approximate surface area is 43.1 Å². The third-order valence-corrected chi connectivity index (χ3v) is 1.48. The number of epoxide rings is 1. The molecule has 0 aromatic heterocycles. The van der Waals surface area contributed by atoms with E-state index in [2.05, 4.69) is 0 Å². The monoisotopic (exact) mass is 102 g/mol. The van der Waals surface area contributed by atoms with E-state index in [0.717, 1.165) is 0 Å². The minimum Gasteiger partial charge on any atom is -0.390 e. The van der Waals surface area contributed by atoms with Gasteiger partial charge in [0.15, 0.2) is 0 Å². The first-order valence-electron chi connectivity index (χ1n) is 2.47. The summed E-state index contributed by atoms with van der Waals surface area (Å²) in [6, 6.07) is 0. The minimum atomic E-state index is -0.313. The highest BCUT2D eigenvalue weighted by atomic mass is 16.6. The molecule has 1 fully saturated rings. The lowest BCUT2D eigenvalue weighted by Crippen LogP contribution is -2.21. The number of hydrogen-bond acceptors (Lipinski definition) is 2. The Balaban J connectivity index is 2.39. The molecule has 2 nitrogen and oxygen atoms in total. The van der Waals surface area contributed by atoms with Crippen LogP contribution in [0.1, 0.15) is 13.8 Å². The highest BCUT2D eigenvalue weighted by Gasteiger charge is 2.43. The first-order valence-corrected chi connectivity index (χ1v) is 2.47. The van der Waals surface area contributed by atoms with Gasteiger partial charge in [-0.3, -0.25) is 0 Å². The molecule has 0 radical (unpaired) electrons. The van der Waals surface area contributed by atoms with Gasteiger partial charge in [-0.1, -0.05) is 0 Å². The van der Waals surface area contributed by atoms with Crippen LogP contribution in [-0.4, -0.2) is 23.4 Å². The number of rotatable bonds is 1. The summed E-state index contributed by atoms with van der Waals surface area (Å²) in [6.07, 6.45) is -0.313. The van der Waals surface area contributed by atoms with Gasteiger partial charge in [-0.25, -0.2) is 0 Å². The highest BCUT2D eigenvalue weighted by molar-refractivity contribution is 4.91. The zero-order chi connectivity index (χ0) is 5.49. The molecule has 1 rings (SSSR count). The van der Waals surface area contributed by atoms with Crippen molar-refractivity contribution in [1.82, 2.24) is 0 Å². The minimum absolute atomic E-state index is 0.194. The van der Waals surface area contributed by atoms with Crippen LogP contribution in [0.5, 0.6) is 0 Å². The van der Waals surface area contributed by atoms with Crippen LogP contribution in [0.2, 0.25) is 0 Å². The summed E-state index contributed by atoms with van der Waals surface area (Å²) < 4.78 is 4.91. The predicted octanol–water partition coefficient (Wildman–Crippen LogP) is 0.156. The summed E-state index contributed by atoms with van der Waals surface area (Å²) in [5, 5.41) is 8.83. The topological polar surface area (TPSA) is 32.8 Å². The van der Waals surface area contributed by atoms with E-state index in [1.54, 1.807) is 6.92 Å². The van der Waals surface area contributed by atoms with Crippen LogP contribution in [0.15, 0.2) is 0 Å². The first-order chi connectivity index (χ1) is 3.15. The van der Waals surface area contributed by atoms with E-state index in [9.17, 15) is 0 Å². The highest BCUT2D eigenvalue weighted by Crippen LogP contribution is 2.29. The van der Waals surface area contributed by atoms with Crippen molar-refractivity contribution in [2.24, 2.45) is 0 Å². The molecule has 1 aliphatic heterocycles. The quantitative estimate of drug-likeness (QED) is 0.478. The molecule has 2 unspecified atom stereocenters. The molecule has 0 spiro atoms. The van der Waals surface area contributed by atoms with Crippen LogP contribution in [-0.2, 0) is 4.74 Å². The maximum Gasteiger partial charge on any atom is 0.114 e. The lowest BCUT2D eigenvalue weighted by Gasteiger charge is -2.05. The Hall–Kier alpha value is -0.0800. The van der Waals surface area contributed by atoms with Crippen molar-refractivity contribution in [2.75, 3.05) is 6.61 Å². The number of hydrogen-bond donors (Lipinski definition) is 1. The molecular formula is C5H10O2. The molecule has 0 saturated carbocycles. The van der Waals surface area contributed by atoms with Gasteiger partial charge in [-0.15, -0.1) is 0 Å². The largest absolute Gasteiger partial charge is 0.390 e. The van der Waals surface area contributed by atoms with E-state index in [-0.39, 0.29) is 11.7 Å².